The largest absolute Gasteiger partial charge is 0.493 e. The summed E-state index contributed by atoms with van der Waals surface area (Å²) in [4.78, 5) is 2.55. The standard InChI is InChI=1S/C21H30ClNO3/c1-21(2,3)26-14-7-8-17-16-11-18(24-4)20(25-13-5-6-13)19(22)15(16)9-10-23(17)12-14/h11,13-14,17H,5-10,12H2,1-4H3. The van der Waals surface area contributed by atoms with Crippen molar-refractivity contribution in [1.82, 2.24) is 4.90 Å². The molecule has 2 unspecified atom stereocenters. The van der Waals surface area contributed by atoms with Crippen LogP contribution in [-0.4, -0.2) is 42.9 Å². The van der Waals surface area contributed by atoms with E-state index in [4.69, 9.17) is 25.8 Å². The van der Waals surface area contributed by atoms with Crippen LogP contribution in [0, 0.1) is 0 Å². The summed E-state index contributed by atoms with van der Waals surface area (Å²) in [5.41, 5.74) is 2.47. The molecule has 5 heteroatoms. The van der Waals surface area contributed by atoms with E-state index in [9.17, 15) is 0 Å². The second kappa shape index (κ2) is 6.88. The van der Waals surface area contributed by atoms with Crippen molar-refractivity contribution >= 4 is 11.6 Å². The molecule has 2 heterocycles. The second-order valence-electron chi connectivity index (χ2n) is 8.80. The molecule has 1 aromatic rings. The maximum absolute atomic E-state index is 6.78. The zero-order chi connectivity index (χ0) is 18.5. The molecule has 2 fully saturated rings. The Bertz CT molecular complexity index is 681. The molecule has 1 aliphatic carbocycles. The van der Waals surface area contributed by atoms with Gasteiger partial charge in [-0.3, -0.25) is 4.90 Å². The van der Waals surface area contributed by atoms with E-state index in [1.807, 2.05) is 0 Å². The molecule has 0 radical (unpaired) electrons. The summed E-state index contributed by atoms with van der Waals surface area (Å²) in [6, 6.07) is 2.57. The number of rotatable bonds is 4. The minimum absolute atomic E-state index is 0.0905. The van der Waals surface area contributed by atoms with Crippen molar-refractivity contribution in [1.29, 1.82) is 0 Å². The Morgan fingerprint density at radius 3 is 2.50 bits per heavy atom. The van der Waals surface area contributed by atoms with E-state index in [1.165, 1.54) is 11.1 Å². The molecule has 0 bridgehead atoms. The molecular weight excluding hydrogens is 350 g/mol. The van der Waals surface area contributed by atoms with E-state index in [-0.39, 0.29) is 5.60 Å². The van der Waals surface area contributed by atoms with Crippen LogP contribution in [0.4, 0.5) is 0 Å². The van der Waals surface area contributed by atoms with E-state index < -0.39 is 0 Å². The lowest BCUT2D eigenvalue weighted by Crippen LogP contribution is -2.47. The zero-order valence-corrected chi connectivity index (χ0v) is 17.1. The van der Waals surface area contributed by atoms with Gasteiger partial charge in [-0.2, -0.15) is 0 Å². The molecule has 0 aromatic heterocycles. The molecule has 0 spiro atoms. The van der Waals surface area contributed by atoms with Crippen molar-refractivity contribution in [2.45, 2.75) is 76.7 Å². The molecular formula is C21H30ClNO3. The van der Waals surface area contributed by atoms with E-state index in [0.29, 0.717) is 18.2 Å². The van der Waals surface area contributed by atoms with Crippen LogP contribution in [0.5, 0.6) is 11.5 Å². The van der Waals surface area contributed by atoms with Gasteiger partial charge in [-0.25, -0.2) is 0 Å². The highest BCUT2D eigenvalue weighted by Gasteiger charge is 2.37. The molecule has 2 aliphatic heterocycles. The van der Waals surface area contributed by atoms with Crippen LogP contribution >= 0.6 is 11.6 Å². The summed E-state index contributed by atoms with van der Waals surface area (Å²) in [6.45, 7) is 8.42. The molecule has 1 saturated carbocycles. The normalized spacial score (nSPS) is 26.2. The van der Waals surface area contributed by atoms with Crippen LogP contribution in [-0.2, 0) is 11.2 Å². The lowest BCUT2D eigenvalue weighted by molar-refractivity contribution is -0.0971. The fourth-order valence-corrected chi connectivity index (χ4v) is 4.63. The number of ether oxygens (including phenoxy) is 3. The van der Waals surface area contributed by atoms with Crippen molar-refractivity contribution in [2.24, 2.45) is 0 Å². The fourth-order valence-electron chi connectivity index (χ4n) is 4.29. The van der Waals surface area contributed by atoms with Gasteiger partial charge < -0.3 is 14.2 Å². The molecule has 1 aromatic carbocycles. The topological polar surface area (TPSA) is 30.9 Å². The molecule has 1 saturated heterocycles. The molecule has 26 heavy (non-hydrogen) atoms. The first-order valence-corrected chi connectivity index (χ1v) is 10.2. The highest BCUT2D eigenvalue weighted by atomic mass is 35.5. The van der Waals surface area contributed by atoms with Gasteiger partial charge in [0.15, 0.2) is 11.5 Å². The Morgan fingerprint density at radius 2 is 1.85 bits per heavy atom. The van der Waals surface area contributed by atoms with Gasteiger partial charge in [0, 0.05) is 19.1 Å². The van der Waals surface area contributed by atoms with Gasteiger partial charge in [-0.15, -0.1) is 0 Å². The molecule has 2 atom stereocenters. The number of fused-ring (bicyclic) bond motifs is 3. The summed E-state index contributed by atoms with van der Waals surface area (Å²) in [5, 5.41) is 0.763. The first-order valence-electron chi connectivity index (χ1n) is 9.83. The molecule has 0 amide bonds. The van der Waals surface area contributed by atoms with E-state index in [1.54, 1.807) is 7.11 Å². The molecule has 4 rings (SSSR count). The highest BCUT2D eigenvalue weighted by molar-refractivity contribution is 6.33. The Labute approximate surface area is 161 Å². The first kappa shape index (κ1) is 18.4. The minimum atomic E-state index is -0.0905. The minimum Gasteiger partial charge on any atom is -0.493 e. The quantitative estimate of drug-likeness (QED) is 0.754. The third kappa shape index (κ3) is 3.69. The fraction of sp³-hybridized carbons (Fsp3) is 0.714. The van der Waals surface area contributed by atoms with E-state index in [0.717, 1.165) is 61.7 Å². The van der Waals surface area contributed by atoms with E-state index in [2.05, 4.69) is 31.7 Å². The summed E-state index contributed by atoms with van der Waals surface area (Å²) < 4.78 is 17.9. The number of hydrogen-bond acceptors (Lipinski definition) is 4. The Kier molecular flexibility index (Phi) is 4.87. The van der Waals surface area contributed by atoms with Gasteiger partial charge in [-0.05, 0) is 70.1 Å². The van der Waals surface area contributed by atoms with Gasteiger partial charge in [-0.1, -0.05) is 11.6 Å². The van der Waals surface area contributed by atoms with Crippen LogP contribution in [0.25, 0.3) is 0 Å². The summed E-state index contributed by atoms with van der Waals surface area (Å²) in [7, 11) is 1.70. The maximum Gasteiger partial charge on any atom is 0.180 e. The summed E-state index contributed by atoms with van der Waals surface area (Å²) in [6.07, 6.45) is 5.98. The molecule has 0 N–H and O–H groups in total. The lowest BCUT2D eigenvalue weighted by Gasteiger charge is -2.45. The number of halogens is 1. The lowest BCUT2D eigenvalue weighted by atomic mass is 9.85. The number of benzene rings is 1. The number of nitrogens with zero attached hydrogens (tertiary/aromatic N) is 1. The molecule has 144 valence electrons. The Hall–Kier alpha value is -0.970. The molecule has 4 nitrogen and oxygen atoms in total. The van der Waals surface area contributed by atoms with Crippen molar-refractivity contribution in [3.05, 3.63) is 22.2 Å². The predicted octanol–water partition coefficient (Wildman–Crippen LogP) is 4.77. The summed E-state index contributed by atoms with van der Waals surface area (Å²) in [5.74, 6) is 1.52. The maximum atomic E-state index is 6.78. The third-order valence-electron chi connectivity index (χ3n) is 5.52. The van der Waals surface area contributed by atoms with Gasteiger partial charge in [0.1, 0.15) is 0 Å². The zero-order valence-electron chi connectivity index (χ0n) is 16.3. The SMILES string of the molecule is COc1cc2c(c(Cl)c1OC1CC1)CCN1CC(OC(C)(C)C)CCC21. The van der Waals surface area contributed by atoms with E-state index >= 15 is 0 Å². The van der Waals surface area contributed by atoms with Crippen LogP contribution in [0.15, 0.2) is 6.07 Å². The van der Waals surface area contributed by atoms with Crippen molar-refractivity contribution in [3.8, 4) is 11.5 Å². The van der Waals surface area contributed by atoms with Crippen molar-refractivity contribution in [3.63, 3.8) is 0 Å². The summed E-state index contributed by atoms with van der Waals surface area (Å²) >= 11 is 6.78. The van der Waals surface area contributed by atoms with Crippen LogP contribution in [0.3, 0.4) is 0 Å². The van der Waals surface area contributed by atoms with Gasteiger partial charge in [0.2, 0.25) is 0 Å². The average Bonchev–Trinajstić information content (AvgIpc) is 3.39. The van der Waals surface area contributed by atoms with Gasteiger partial charge in [0.05, 0.1) is 29.9 Å². The average molecular weight is 380 g/mol. The van der Waals surface area contributed by atoms with Gasteiger partial charge in [0.25, 0.3) is 0 Å². The Balaban J connectivity index is 1.59. The van der Waals surface area contributed by atoms with Crippen LogP contribution in [0.1, 0.15) is 63.6 Å². The highest BCUT2D eigenvalue weighted by Crippen LogP contribution is 2.48. The molecule has 3 aliphatic rings. The Morgan fingerprint density at radius 1 is 1.12 bits per heavy atom. The number of methoxy groups -OCH3 is 1. The monoisotopic (exact) mass is 379 g/mol. The number of piperidine rings is 1. The number of hydrogen-bond donors (Lipinski definition) is 0. The van der Waals surface area contributed by atoms with Crippen LogP contribution < -0.4 is 9.47 Å². The first-order chi connectivity index (χ1) is 12.4. The van der Waals surface area contributed by atoms with Crippen molar-refractivity contribution in [2.75, 3.05) is 20.2 Å². The predicted molar refractivity (Wildman–Crippen MR) is 104 cm³/mol. The van der Waals surface area contributed by atoms with Crippen molar-refractivity contribution < 1.29 is 14.2 Å². The smallest absolute Gasteiger partial charge is 0.180 e. The third-order valence-corrected chi connectivity index (χ3v) is 5.92. The van der Waals surface area contributed by atoms with Crippen LogP contribution in [0.2, 0.25) is 5.02 Å². The second-order valence-corrected chi connectivity index (χ2v) is 9.18. The van der Waals surface area contributed by atoms with Gasteiger partial charge >= 0.3 is 0 Å².